The molecule has 1 aliphatic carbocycles. The lowest BCUT2D eigenvalue weighted by molar-refractivity contribution is 0.322. The number of nitrogens with two attached hydrogens (primary N) is 1. The van der Waals surface area contributed by atoms with E-state index in [2.05, 4.69) is 24.0 Å². The molecule has 0 radical (unpaired) electrons. The molecule has 1 fully saturated rings. The molecule has 1 aromatic rings. The summed E-state index contributed by atoms with van der Waals surface area (Å²) >= 11 is 0. The van der Waals surface area contributed by atoms with Gasteiger partial charge >= 0.3 is 0 Å². The fourth-order valence-corrected chi connectivity index (χ4v) is 2.28. The molecule has 1 saturated carbocycles. The van der Waals surface area contributed by atoms with Gasteiger partial charge in [-0.1, -0.05) is 38.3 Å². The van der Waals surface area contributed by atoms with E-state index in [-0.39, 0.29) is 12.0 Å². The molecule has 1 heterocycles. The minimum absolute atomic E-state index is 0.183. The zero-order chi connectivity index (χ0) is 11.5. The smallest absolute Gasteiger partial charge is 0.231 e. The summed E-state index contributed by atoms with van der Waals surface area (Å²) in [5, 5.41) is 4.01. The largest absolute Gasteiger partial charge is 0.339 e. The lowest BCUT2D eigenvalue weighted by atomic mass is 9.95. The molecule has 2 unspecified atom stereocenters. The molecule has 0 bridgehead atoms. The van der Waals surface area contributed by atoms with Crippen molar-refractivity contribution in [2.45, 2.75) is 63.8 Å². The van der Waals surface area contributed by atoms with Crippen LogP contribution in [0.15, 0.2) is 4.52 Å². The molecule has 0 amide bonds. The van der Waals surface area contributed by atoms with Crippen molar-refractivity contribution in [1.82, 2.24) is 10.1 Å². The monoisotopic (exact) mass is 223 g/mol. The Hall–Kier alpha value is -0.900. The molecule has 1 aliphatic rings. The van der Waals surface area contributed by atoms with Crippen molar-refractivity contribution in [2.24, 2.45) is 5.73 Å². The van der Waals surface area contributed by atoms with Crippen molar-refractivity contribution < 1.29 is 4.52 Å². The fraction of sp³-hybridized carbons (Fsp3) is 0.833. The van der Waals surface area contributed by atoms with Gasteiger partial charge in [-0.05, 0) is 12.8 Å². The van der Waals surface area contributed by atoms with Gasteiger partial charge in [-0.2, -0.15) is 4.98 Å². The van der Waals surface area contributed by atoms with E-state index in [4.69, 9.17) is 10.3 Å². The summed E-state index contributed by atoms with van der Waals surface area (Å²) in [6, 6.07) is 0.183. The second-order valence-corrected chi connectivity index (χ2v) is 5.05. The molecule has 0 aromatic carbocycles. The van der Waals surface area contributed by atoms with E-state index in [1.54, 1.807) is 0 Å². The Labute approximate surface area is 96.6 Å². The Morgan fingerprint density at radius 3 is 2.69 bits per heavy atom. The number of aromatic nitrogens is 2. The van der Waals surface area contributed by atoms with Crippen LogP contribution in [0.25, 0.3) is 0 Å². The van der Waals surface area contributed by atoms with Crippen LogP contribution in [0.5, 0.6) is 0 Å². The number of rotatable bonds is 2. The Balaban J connectivity index is 2.14. The predicted molar refractivity (Wildman–Crippen MR) is 62.2 cm³/mol. The van der Waals surface area contributed by atoms with Crippen LogP contribution in [0.4, 0.5) is 0 Å². The van der Waals surface area contributed by atoms with Gasteiger partial charge in [0.25, 0.3) is 0 Å². The summed E-state index contributed by atoms with van der Waals surface area (Å²) in [7, 11) is 0. The van der Waals surface area contributed by atoms with E-state index in [0.29, 0.717) is 5.92 Å². The Bertz CT molecular complexity index is 335. The van der Waals surface area contributed by atoms with Gasteiger partial charge in [0.15, 0.2) is 5.82 Å². The van der Waals surface area contributed by atoms with E-state index in [1.807, 2.05) is 0 Å². The molecule has 0 aliphatic heterocycles. The lowest BCUT2D eigenvalue weighted by Gasteiger charge is -2.16. The molecule has 90 valence electrons. The highest BCUT2D eigenvalue weighted by Gasteiger charge is 2.27. The first-order chi connectivity index (χ1) is 7.68. The molecule has 4 heteroatoms. The number of hydrogen-bond donors (Lipinski definition) is 1. The summed E-state index contributed by atoms with van der Waals surface area (Å²) < 4.78 is 5.35. The standard InChI is InChI=1S/C12H21N3O/c1-8(2)11-14-12(16-15-11)9-6-4-3-5-7-10(9)13/h8-10H,3-7,13H2,1-2H3. The SMILES string of the molecule is CC(C)c1noc(C2CCCCCC2N)n1. The third-order valence-corrected chi connectivity index (χ3v) is 3.36. The summed E-state index contributed by atoms with van der Waals surface area (Å²) in [6.45, 7) is 4.14. The maximum absolute atomic E-state index is 6.17. The maximum atomic E-state index is 6.17. The highest BCUT2D eigenvalue weighted by Crippen LogP contribution is 2.30. The van der Waals surface area contributed by atoms with E-state index >= 15 is 0 Å². The first-order valence-corrected chi connectivity index (χ1v) is 6.27. The van der Waals surface area contributed by atoms with E-state index < -0.39 is 0 Å². The van der Waals surface area contributed by atoms with Crippen LogP contribution in [-0.2, 0) is 0 Å². The Morgan fingerprint density at radius 1 is 1.25 bits per heavy atom. The summed E-state index contributed by atoms with van der Waals surface area (Å²) in [5.41, 5.74) is 6.17. The second-order valence-electron chi connectivity index (χ2n) is 5.05. The predicted octanol–water partition coefficient (Wildman–Crippen LogP) is 2.57. The molecule has 0 spiro atoms. The summed E-state index contributed by atoms with van der Waals surface area (Å²) in [6.07, 6.45) is 5.88. The van der Waals surface area contributed by atoms with Gasteiger partial charge in [-0.15, -0.1) is 0 Å². The highest BCUT2D eigenvalue weighted by molar-refractivity contribution is 5.01. The normalized spacial score (nSPS) is 27.0. The molecule has 0 saturated heterocycles. The van der Waals surface area contributed by atoms with Gasteiger partial charge in [0, 0.05) is 12.0 Å². The second kappa shape index (κ2) is 4.95. The summed E-state index contributed by atoms with van der Waals surface area (Å²) in [4.78, 5) is 4.47. The van der Waals surface area contributed by atoms with Gasteiger partial charge in [0.05, 0.1) is 5.92 Å². The average Bonchev–Trinajstić information content (AvgIpc) is 2.63. The molecular formula is C12H21N3O. The molecule has 2 N–H and O–H groups in total. The van der Waals surface area contributed by atoms with Crippen LogP contribution >= 0.6 is 0 Å². The zero-order valence-corrected chi connectivity index (χ0v) is 10.1. The zero-order valence-electron chi connectivity index (χ0n) is 10.1. The van der Waals surface area contributed by atoms with E-state index in [9.17, 15) is 0 Å². The quantitative estimate of drug-likeness (QED) is 0.782. The van der Waals surface area contributed by atoms with Crippen molar-refractivity contribution in [3.63, 3.8) is 0 Å². The fourth-order valence-electron chi connectivity index (χ4n) is 2.28. The molecule has 1 aromatic heterocycles. The van der Waals surface area contributed by atoms with Crippen LogP contribution in [0.1, 0.15) is 69.5 Å². The van der Waals surface area contributed by atoms with Crippen LogP contribution in [-0.4, -0.2) is 16.2 Å². The minimum atomic E-state index is 0.183. The maximum Gasteiger partial charge on any atom is 0.231 e. The molecule has 16 heavy (non-hydrogen) atoms. The van der Waals surface area contributed by atoms with Gasteiger partial charge in [-0.25, -0.2) is 0 Å². The van der Waals surface area contributed by atoms with Crippen LogP contribution in [0.3, 0.4) is 0 Å². The van der Waals surface area contributed by atoms with Gasteiger partial charge in [-0.3, -0.25) is 0 Å². The van der Waals surface area contributed by atoms with Gasteiger partial charge in [0.1, 0.15) is 0 Å². The third-order valence-electron chi connectivity index (χ3n) is 3.36. The van der Waals surface area contributed by atoms with Crippen molar-refractivity contribution in [3.05, 3.63) is 11.7 Å². The lowest BCUT2D eigenvalue weighted by Crippen LogP contribution is -2.27. The van der Waals surface area contributed by atoms with E-state index in [1.165, 1.54) is 19.3 Å². The topological polar surface area (TPSA) is 64.9 Å². The van der Waals surface area contributed by atoms with Crippen molar-refractivity contribution in [2.75, 3.05) is 0 Å². The van der Waals surface area contributed by atoms with Crippen molar-refractivity contribution >= 4 is 0 Å². The number of nitrogens with zero attached hydrogens (tertiary/aromatic N) is 2. The van der Waals surface area contributed by atoms with Crippen LogP contribution in [0, 0.1) is 0 Å². The highest BCUT2D eigenvalue weighted by atomic mass is 16.5. The van der Waals surface area contributed by atoms with Gasteiger partial charge < -0.3 is 10.3 Å². The molecule has 2 rings (SSSR count). The first-order valence-electron chi connectivity index (χ1n) is 6.27. The third kappa shape index (κ3) is 2.43. The number of hydrogen-bond acceptors (Lipinski definition) is 4. The Kier molecular flexibility index (Phi) is 3.59. The molecule has 4 nitrogen and oxygen atoms in total. The molecule has 2 atom stereocenters. The van der Waals surface area contributed by atoms with Crippen LogP contribution in [0.2, 0.25) is 0 Å². The molecular weight excluding hydrogens is 202 g/mol. The van der Waals surface area contributed by atoms with Gasteiger partial charge in [0.2, 0.25) is 5.89 Å². The Morgan fingerprint density at radius 2 is 2.00 bits per heavy atom. The van der Waals surface area contributed by atoms with Crippen LogP contribution < -0.4 is 5.73 Å². The minimum Gasteiger partial charge on any atom is -0.339 e. The first kappa shape index (κ1) is 11.6. The van der Waals surface area contributed by atoms with Crippen molar-refractivity contribution in [1.29, 1.82) is 0 Å². The summed E-state index contributed by atoms with van der Waals surface area (Å²) in [5.74, 6) is 2.13. The average molecular weight is 223 g/mol. The van der Waals surface area contributed by atoms with E-state index in [0.717, 1.165) is 24.6 Å². The van der Waals surface area contributed by atoms with Crippen molar-refractivity contribution in [3.8, 4) is 0 Å².